The number of nitrogens with zero attached hydrogens (tertiary/aromatic N) is 3. The van der Waals surface area contributed by atoms with Gasteiger partial charge in [0.2, 0.25) is 5.91 Å². The van der Waals surface area contributed by atoms with E-state index >= 15 is 0 Å². The minimum absolute atomic E-state index is 0.111. The second kappa shape index (κ2) is 9.58. The molecule has 0 aliphatic carbocycles. The minimum Gasteiger partial charge on any atom is -0.345 e. The predicted octanol–water partition coefficient (Wildman–Crippen LogP) is 3.40. The number of hydrogen-bond donors (Lipinski definition) is 2. The van der Waals surface area contributed by atoms with Gasteiger partial charge in [0, 0.05) is 18.3 Å². The molecule has 0 aliphatic rings. The van der Waals surface area contributed by atoms with Crippen LogP contribution in [0.5, 0.6) is 0 Å². The molecule has 0 spiro atoms. The summed E-state index contributed by atoms with van der Waals surface area (Å²) in [6.45, 7) is 6.28. The van der Waals surface area contributed by atoms with E-state index in [1.54, 1.807) is 16.7 Å². The molecule has 2 N–H and O–H groups in total. The molecule has 0 saturated heterocycles. The van der Waals surface area contributed by atoms with Gasteiger partial charge in [-0.05, 0) is 56.2 Å². The van der Waals surface area contributed by atoms with Crippen LogP contribution in [0.25, 0.3) is 0 Å². The van der Waals surface area contributed by atoms with Gasteiger partial charge in [-0.3, -0.25) is 9.59 Å². The van der Waals surface area contributed by atoms with E-state index in [1.807, 2.05) is 58.2 Å². The molecule has 1 aromatic heterocycles. The van der Waals surface area contributed by atoms with Gasteiger partial charge in [-0.25, -0.2) is 0 Å². The maximum atomic E-state index is 12.3. The summed E-state index contributed by atoms with van der Waals surface area (Å²) in [5.41, 5.74) is 4.79. The highest BCUT2D eigenvalue weighted by Gasteiger charge is 2.13. The highest BCUT2D eigenvalue weighted by molar-refractivity contribution is 7.99. The molecule has 1 heterocycles. The van der Waals surface area contributed by atoms with Crippen LogP contribution in [-0.2, 0) is 18.4 Å². The minimum atomic E-state index is -0.167. The molecular formula is C22H25N5O2S. The molecule has 0 saturated carbocycles. The first-order valence-electron chi connectivity index (χ1n) is 9.56. The number of benzene rings is 2. The Morgan fingerprint density at radius 1 is 1.00 bits per heavy atom. The summed E-state index contributed by atoms with van der Waals surface area (Å²) in [7, 11) is 1.82. The van der Waals surface area contributed by atoms with Crippen molar-refractivity contribution in [1.29, 1.82) is 0 Å². The van der Waals surface area contributed by atoms with Crippen LogP contribution in [0.4, 0.5) is 5.69 Å². The van der Waals surface area contributed by atoms with Gasteiger partial charge in [-0.1, -0.05) is 35.5 Å². The van der Waals surface area contributed by atoms with Crippen LogP contribution >= 0.6 is 11.8 Å². The van der Waals surface area contributed by atoms with Gasteiger partial charge in [0.1, 0.15) is 0 Å². The van der Waals surface area contributed by atoms with Crippen molar-refractivity contribution in [2.24, 2.45) is 7.05 Å². The van der Waals surface area contributed by atoms with Crippen molar-refractivity contribution in [2.75, 3.05) is 11.1 Å². The van der Waals surface area contributed by atoms with Crippen LogP contribution in [0.2, 0.25) is 0 Å². The Balaban J connectivity index is 1.52. The Kier molecular flexibility index (Phi) is 6.89. The molecule has 0 bridgehead atoms. The fraction of sp³-hybridized carbons (Fsp3) is 0.273. The topological polar surface area (TPSA) is 88.9 Å². The Bertz CT molecular complexity index is 1060. The molecule has 0 fully saturated rings. The number of nitrogens with one attached hydrogen (secondary N) is 2. The summed E-state index contributed by atoms with van der Waals surface area (Å²) < 4.78 is 1.78. The van der Waals surface area contributed by atoms with Crippen LogP contribution in [0, 0.1) is 20.8 Å². The van der Waals surface area contributed by atoms with E-state index in [1.165, 1.54) is 17.3 Å². The standard InChI is InChI=1S/C22H25N5O2S/c1-14-5-8-17(9-6-14)21(29)23-12-19-25-26-22(27(19)4)30-13-20(28)24-18-10-7-15(2)16(3)11-18/h5-11H,12-13H2,1-4H3,(H,23,29)(H,24,28). The highest BCUT2D eigenvalue weighted by Crippen LogP contribution is 2.18. The first-order valence-corrected chi connectivity index (χ1v) is 10.5. The highest BCUT2D eigenvalue weighted by atomic mass is 32.2. The maximum absolute atomic E-state index is 12.3. The van der Waals surface area contributed by atoms with E-state index in [-0.39, 0.29) is 24.1 Å². The van der Waals surface area contributed by atoms with Gasteiger partial charge in [0.15, 0.2) is 11.0 Å². The van der Waals surface area contributed by atoms with Crippen molar-refractivity contribution in [2.45, 2.75) is 32.5 Å². The van der Waals surface area contributed by atoms with Crippen molar-refractivity contribution in [3.05, 3.63) is 70.5 Å². The SMILES string of the molecule is Cc1ccc(C(=O)NCc2nnc(SCC(=O)Nc3ccc(C)c(C)c3)n2C)cc1. The van der Waals surface area contributed by atoms with Crippen LogP contribution < -0.4 is 10.6 Å². The summed E-state index contributed by atoms with van der Waals surface area (Å²) in [6, 6.07) is 13.2. The molecule has 0 radical (unpaired) electrons. The molecule has 8 heteroatoms. The number of aromatic nitrogens is 3. The van der Waals surface area contributed by atoms with Gasteiger partial charge in [0.25, 0.3) is 5.91 Å². The first-order chi connectivity index (χ1) is 14.3. The van der Waals surface area contributed by atoms with Crippen LogP contribution in [0.15, 0.2) is 47.6 Å². The first kappa shape index (κ1) is 21.6. The Morgan fingerprint density at radius 2 is 1.73 bits per heavy atom. The number of thioether (sulfide) groups is 1. The number of rotatable bonds is 7. The van der Waals surface area contributed by atoms with Crippen molar-refractivity contribution < 1.29 is 9.59 Å². The summed E-state index contributed by atoms with van der Waals surface area (Å²) in [5, 5.41) is 14.6. The molecule has 0 aliphatic heterocycles. The number of hydrogen-bond acceptors (Lipinski definition) is 5. The third-order valence-electron chi connectivity index (χ3n) is 4.77. The zero-order chi connectivity index (χ0) is 21.7. The second-order valence-electron chi connectivity index (χ2n) is 7.14. The van der Waals surface area contributed by atoms with Crippen LogP contribution in [0.3, 0.4) is 0 Å². The lowest BCUT2D eigenvalue weighted by molar-refractivity contribution is -0.113. The Morgan fingerprint density at radius 3 is 2.43 bits per heavy atom. The molecular weight excluding hydrogens is 398 g/mol. The summed E-state index contributed by atoms with van der Waals surface area (Å²) in [5.74, 6) is 0.558. The van der Waals surface area contributed by atoms with Gasteiger partial charge in [-0.15, -0.1) is 10.2 Å². The predicted molar refractivity (Wildman–Crippen MR) is 119 cm³/mol. The van der Waals surface area contributed by atoms with E-state index in [2.05, 4.69) is 20.8 Å². The van der Waals surface area contributed by atoms with Crippen molar-refractivity contribution in [3.63, 3.8) is 0 Å². The lowest BCUT2D eigenvalue weighted by Gasteiger charge is -2.08. The Hall–Kier alpha value is -3.13. The summed E-state index contributed by atoms with van der Waals surface area (Å²) in [6.07, 6.45) is 0. The molecule has 0 unspecified atom stereocenters. The number of carbonyl (C=O) groups excluding carboxylic acids is 2. The average Bonchev–Trinajstić information content (AvgIpc) is 3.07. The monoisotopic (exact) mass is 423 g/mol. The zero-order valence-electron chi connectivity index (χ0n) is 17.5. The molecule has 30 heavy (non-hydrogen) atoms. The third-order valence-corrected chi connectivity index (χ3v) is 5.79. The molecule has 0 atom stereocenters. The van der Waals surface area contributed by atoms with Crippen molar-refractivity contribution >= 4 is 29.3 Å². The Labute approximate surface area is 180 Å². The molecule has 3 rings (SSSR count). The molecule has 2 aromatic carbocycles. The van der Waals surface area contributed by atoms with E-state index in [0.717, 1.165) is 16.8 Å². The zero-order valence-corrected chi connectivity index (χ0v) is 18.3. The fourth-order valence-electron chi connectivity index (χ4n) is 2.74. The van der Waals surface area contributed by atoms with Crippen LogP contribution in [0.1, 0.15) is 32.9 Å². The maximum Gasteiger partial charge on any atom is 0.251 e. The van der Waals surface area contributed by atoms with Gasteiger partial charge in [0.05, 0.1) is 12.3 Å². The molecule has 7 nitrogen and oxygen atoms in total. The fourth-order valence-corrected chi connectivity index (χ4v) is 3.47. The normalized spacial score (nSPS) is 10.7. The number of carbonyl (C=O) groups is 2. The lowest BCUT2D eigenvalue weighted by atomic mass is 10.1. The van der Waals surface area contributed by atoms with Crippen molar-refractivity contribution in [1.82, 2.24) is 20.1 Å². The van der Waals surface area contributed by atoms with E-state index in [0.29, 0.717) is 16.5 Å². The van der Waals surface area contributed by atoms with Gasteiger partial charge in [-0.2, -0.15) is 0 Å². The largest absolute Gasteiger partial charge is 0.345 e. The van der Waals surface area contributed by atoms with E-state index in [4.69, 9.17) is 0 Å². The number of anilines is 1. The third kappa shape index (κ3) is 5.48. The number of amides is 2. The molecule has 156 valence electrons. The lowest BCUT2D eigenvalue weighted by Crippen LogP contribution is -2.24. The second-order valence-corrected chi connectivity index (χ2v) is 8.08. The molecule has 3 aromatic rings. The van der Waals surface area contributed by atoms with E-state index in [9.17, 15) is 9.59 Å². The quantitative estimate of drug-likeness (QED) is 0.569. The van der Waals surface area contributed by atoms with Gasteiger partial charge < -0.3 is 15.2 Å². The average molecular weight is 424 g/mol. The van der Waals surface area contributed by atoms with Gasteiger partial charge >= 0.3 is 0 Å². The summed E-state index contributed by atoms with van der Waals surface area (Å²) >= 11 is 1.30. The van der Waals surface area contributed by atoms with Crippen LogP contribution in [-0.4, -0.2) is 32.3 Å². The molecule has 2 amide bonds. The number of aryl methyl sites for hydroxylation is 3. The summed E-state index contributed by atoms with van der Waals surface area (Å²) in [4.78, 5) is 24.5. The van der Waals surface area contributed by atoms with E-state index < -0.39 is 0 Å². The smallest absolute Gasteiger partial charge is 0.251 e. The van der Waals surface area contributed by atoms with Crippen molar-refractivity contribution in [3.8, 4) is 0 Å².